The minimum atomic E-state index is -0.935. The van der Waals surface area contributed by atoms with Crippen LogP contribution in [0.1, 0.15) is 39.8 Å². The molecule has 0 spiro atoms. The fourth-order valence-corrected chi connectivity index (χ4v) is 2.83. The lowest BCUT2D eigenvalue weighted by atomic mass is 9.99. The Balaban J connectivity index is 1.84. The SMILES string of the molecule is Cc1nn(C)c(C)c1CC(C)C(=O)NCCc1ccc(C(=O)O)cc1. The maximum absolute atomic E-state index is 12.3. The average Bonchev–Trinajstić information content (AvgIpc) is 2.81. The number of carbonyl (C=O) groups is 2. The number of nitrogens with zero attached hydrogens (tertiary/aromatic N) is 2. The largest absolute Gasteiger partial charge is 0.478 e. The van der Waals surface area contributed by atoms with Crippen LogP contribution in [0.25, 0.3) is 0 Å². The van der Waals surface area contributed by atoms with Crippen molar-refractivity contribution < 1.29 is 14.7 Å². The maximum atomic E-state index is 12.3. The van der Waals surface area contributed by atoms with Crippen LogP contribution in [0.2, 0.25) is 0 Å². The zero-order chi connectivity index (χ0) is 18.6. The van der Waals surface area contributed by atoms with Crippen molar-refractivity contribution in [3.63, 3.8) is 0 Å². The topological polar surface area (TPSA) is 84.2 Å². The van der Waals surface area contributed by atoms with Gasteiger partial charge in [-0.15, -0.1) is 0 Å². The number of carboxylic acid groups (broad SMARTS) is 1. The van der Waals surface area contributed by atoms with Crippen molar-refractivity contribution in [2.45, 2.75) is 33.6 Å². The molecule has 25 heavy (non-hydrogen) atoms. The van der Waals surface area contributed by atoms with E-state index in [1.807, 2.05) is 32.5 Å². The van der Waals surface area contributed by atoms with Gasteiger partial charge in [-0.25, -0.2) is 4.79 Å². The van der Waals surface area contributed by atoms with E-state index in [1.54, 1.807) is 24.3 Å². The minimum Gasteiger partial charge on any atom is -0.478 e. The van der Waals surface area contributed by atoms with E-state index in [0.717, 1.165) is 22.5 Å². The molecule has 0 fully saturated rings. The molecule has 2 aromatic rings. The number of benzene rings is 1. The van der Waals surface area contributed by atoms with Gasteiger partial charge in [0.2, 0.25) is 5.91 Å². The van der Waals surface area contributed by atoms with Crippen molar-refractivity contribution in [2.24, 2.45) is 13.0 Å². The fourth-order valence-electron chi connectivity index (χ4n) is 2.83. The highest BCUT2D eigenvalue weighted by Gasteiger charge is 2.18. The van der Waals surface area contributed by atoms with E-state index in [9.17, 15) is 9.59 Å². The predicted octanol–water partition coefficient (Wildman–Crippen LogP) is 2.27. The standard InChI is InChI=1S/C19H25N3O3/c1-12(11-17-13(2)21-22(4)14(17)3)18(23)20-10-9-15-5-7-16(8-6-15)19(24)25/h5-8,12H,9-11H2,1-4H3,(H,20,23)(H,24,25). The van der Waals surface area contributed by atoms with Crippen LogP contribution in [-0.4, -0.2) is 33.3 Å². The van der Waals surface area contributed by atoms with Crippen LogP contribution < -0.4 is 5.32 Å². The van der Waals surface area contributed by atoms with E-state index in [-0.39, 0.29) is 17.4 Å². The summed E-state index contributed by atoms with van der Waals surface area (Å²) in [6.45, 7) is 6.43. The van der Waals surface area contributed by atoms with Gasteiger partial charge in [-0.2, -0.15) is 5.10 Å². The third-order valence-corrected chi connectivity index (χ3v) is 4.53. The van der Waals surface area contributed by atoms with Crippen LogP contribution in [0.5, 0.6) is 0 Å². The molecule has 1 heterocycles. The number of amides is 1. The molecule has 0 bridgehead atoms. The van der Waals surface area contributed by atoms with Gasteiger partial charge in [0.15, 0.2) is 0 Å². The molecular weight excluding hydrogens is 318 g/mol. The lowest BCUT2D eigenvalue weighted by Crippen LogP contribution is -2.32. The summed E-state index contributed by atoms with van der Waals surface area (Å²) in [5.41, 5.74) is 4.46. The molecule has 0 saturated carbocycles. The predicted molar refractivity (Wildman–Crippen MR) is 95.7 cm³/mol. The summed E-state index contributed by atoms with van der Waals surface area (Å²) in [6, 6.07) is 6.72. The fraction of sp³-hybridized carbons (Fsp3) is 0.421. The molecule has 2 rings (SSSR count). The maximum Gasteiger partial charge on any atom is 0.335 e. The average molecular weight is 343 g/mol. The van der Waals surface area contributed by atoms with Gasteiger partial charge in [-0.1, -0.05) is 19.1 Å². The van der Waals surface area contributed by atoms with Gasteiger partial charge in [0.25, 0.3) is 0 Å². The van der Waals surface area contributed by atoms with E-state index in [0.29, 0.717) is 19.4 Å². The van der Waals surface area contributed by atoms with Gasteiger partial charge in [0.1, 0.15) is 0 Å². The first kappa shape index (κ1) is 18.7. The number of nitrogens with one attached hydrogen (secondary N) is 1. The van der Waals surface area contributed by atoms with Crippen molar-refractivity contribution >= 4 is 11.9 Å². The Kier molecular flexibility index (Phi) is 5.96. The number of carboxylic acids is 1. The van der Waals surface area contributed by atoms with Gasteiger partial charge < -0.3 is 10.4 Å². The van der Waals surface area contributed by atoms with Gasteiger partial charge in [0, 0.05) is 25.2 Å². The number of carbonyl (C=O) groups excluding carboxylic acids is 1. The second-order valence-electron chi connectivity index (χ2n) is 6.42. The first-order valence-electron chi connectivity index (χ1n) is 8.38. The van der Waals surface area contributed by atoms with E-state index in [1.165, 1.54) is 0 Å². The lowest BCUT2D eigenvalue weighted by Gasteiger charge is -2.13. The molecule has 0 aliphatic rings. The second kappa shape index (κ2) is 7.96. The quantitative estimate of drug-likeness (QED) is 0.808. The Morgan fingerprint density at radius 3 is 2.40 bits per heavy atom. The molecule has 1 aromatic carbocycles. The highest BCUT2D eigenvalue weighted by molar-refractivity contribution is 5.87. The number of hydrogen-bond donors (Lipinski definition) is 2. The first-order valence-corrected chi connectivity index (χ1v) is 8.38. The summed E-state index contributed by atoms with van der Waals surface area (Å²) in [4.78, 5) is 23.1. The Labute approximate surface area is 147 Å². The summed E-state index contributed by atoms with van der Waals surface area (Å²) < 4.78 is 1.84. The van der Waals surface area contributed by atoms with Crippen molar-refractivity contribution in [1.29, 1.82) is 0 Å². The van der Waals surface area contributed by atoms with Crippen molar-refractivity contribution in [1.82, 2.24) is 15.1 Å². The summed E-state index contributed by atoms with van der Waals surface area (Å²) in [5, 5.41) is 16.2. The zero-order valence-electron chi connectivity index (χ0n) is 15.2. The van der Waals surface area contributed by atoms with Gasteiger partial charge in [-0.3, -0.25) is 9.48 Å². The summed E-state index contributed by atoms with van der Waals surface area (Å²) in [7, 11) is 1.91. The summed E-state index contributed by atoms with van der Waals surface area (Å²) in [5.74, 6) is -1.05. The number of aromatic carboxylic acids is 1. The summed E-state index contributed by atoms with van der Waals surface area (Å²) >= 11 is 0. The van der Waals surface area contributed by atoms with E-state index >= 15 is 0 Å². The highest BCUT2D eigenvalue weighted by Crippen LogP contribution is 2.17. The number of hydrogen-bond acceptors (Lipinski definition) is 3. The molecule has 1 atom stereocenters. The molecule has 0 radical (unpaired) electrons. The van der Waals surface area contributed by atoms with Crippen molar-refractivity contribution in [3.05, 3.63) is 52.3 Å². The molecule has 134 valence electrons. The molecule has 2 N–H and O–H groups in total. The Bertz CT molecular complexity index is 763. The molecule has 6 nitrogen and oxygen atoms in total. The third kappa shape index (κ3) is 4.68. The molecule has 1 unspecified atom stereocenters. The first-order chi connectivity index (χ1) is 11.8. The number of rotatable bonds is 7. The Hall–Kier alpha value is -2.63. The van der Waals surface area contributed by atoms with Crippen LogP contribution in [0.15, 0.2) is 24.3 Å². The van der Waals surface area contributed by atoms with E-state index in [2.05, 4.69) is 10.4 Å². The smallest absolute Gasteiger partial charge is 0.335 e. The van der Waals surface area contributed by atoms with Crippen LogP contribution >= 0.6 is 0 Å². The summed E-state index contributed by atoms with van der Waals surface area (Å²) in [6.07, 6.45) is 1.34. The van der Waals surface area contributed by atoms with Crippen LogP contribution in [0.3, 0.4) is 0 Å². The van der Waals surface area contributed by atoms with Gasteiger partial charge in [0.05, 0.1) is 11.3 Å². The monoisotopic (exact) mass is 343 g/mol. The molecule has 1 aromatic heterocycles. The second-order valence-corrected chi connectivity index (χ2v) is 6.42. The van der Waals surface area contributed by atoms with Crippen molar-refractivity contribution in [3.8, 4) is 0 Å². The van der Waals surface area contributed by atoms with Gasteiger partial charge in [-0.05, 0) is 49.9 Å². The van der Waals surface area contributed by atoms with Gasteiger partial charge >= 0.3 is 5.97 Å². The molecule has 0 aliphatic heterocycles. The Morgan fingerprint density at radius 1 is 1.24 bits per heavy atom. The molecule has 6 heteroatoms. The lowest BCUT2D eigenvalue weighted by molar-refractivity contribution is -0.124. The minimum absolute atomic E-state index is 0.0183. The molecule has 0 saturated heterocycles. The number of aryl methyl sites for hydroxylation is 2. The van der Waals surface area contributed by atoms with E-state index < -0.39 is 5.97 Å². The van der Waals surface area contributed by atoms with Crippen LogP contribution in [0, 0.1) is 19.8 Å². The third-order valence-electron chi connectivity index (χ3n) is 4.53. The molecule has 1 amide bonds. The number of aromatic nitrogens is 2. The highest BCUT2D eigenvalue weighted by atomic mass is 16.4. The molecular formula is C19H25N3O3. The Morgan fingerprint density at radius 2 is 1.88 bits per heavy atom. The van der Waals surface area contributed by atoms with E-state index in [4.69, 9.17) is 5.11 Å². The van der Waals surface area contributed by atoms with Crippen molar-refractivity contribution in [2.75, 3.05) is 6.54 Å². The van der Waals surface area contributed by atoms with Crippen LogP contribution in [0.4, 0.5) is 0 Å². The molecule has 0 aliphatic carbocycles. The zero-order valence-corrected chi connectivity index (χ0v) is 15.2. The van der Waals surface area contributed by atoms with Crippen LogP contribution in [-0.2, 0) is 24.7 Å². The normalized spacial score (nSPS) is 12.0.